The van der Waals surface area contributed by atoms with Gasteiger partial charge in [0, 0.05) is 0 Å². The Morgan fingerprint density at radius 1 is 1.50 bits per heavy atom. The molecule has 0 saturated carbocycles. The number of nitrogens with two attached hydrogens (primary N) is 1. The Hall–Kier alpha value is -2.92. The number of ether oxygens (including phenoxy) is 4. The first kappa shape index (κ1) is 21.4. The number of halogens is 1. The summed E-state index contributed by atoms with van der Waals surface area (Å²) in [5, 5.41) is 9.65. The average Bonchev–Trinajstić information content (AvgIpc) is 2.66. The third kappa shape index (κ3) is 4.15. The van der Waals surface area contributed by atoms with Gasteiger partial charge < -0.3 is 24.7 Å². The van der Waals surface area contributed by atoms with Crippen LogP contribution in [-0.4, -0.2) is 26.3 Å². The van der Waals surface area contributed by atoms with Gasteiger partial charge >= 0.3 is 5.97 Å². The molecule has 0 fully saturated rings. The number of carbonyl (C=O) groups is 1. The van der Waals surface area contributed by atoms with Crippen LogP contribution in [0.15, 0.2) is 52.0 Å². The molecule has 0 aromatic heterocycles. The smallest absolute Gasteiger partial charge is 0.338 e. The van der Waals surface area contributed by atoms with E-state index in [1.54, 1.807) is 32.1 Å². The van der Waals surface area contributed by atoms with Crippen molar-refractivity contribution in [3.05, 3.63) is 57.6 Å². The molecule has 1 aromatic carbocycles. The number of benzene rings is 1. The van der Waals surface area contributed by atoms with Crippen LogP contribution in [0, 0.1) is 11.3 Å². The normalized spacial score (nSPS) is 16.2. The SMILES string of the molecule is C=CCOc1c(Br)cc([C@H]2C(C#N)=C(N)OC(C)=C2C(=O)OCC)cc1OC. The number of nitrogens with zero attached hydrogens (tertiary/aromatic N) is 1. The largest absolute Gasteiger partial charge is 0.493 e. The molecule has 1 atom stereocenters. The predicted octanol–water partition coefficient (Wildman–Crippen LogP) is 3.67. The number of nitriles is 1. The molecule has 0 aliphatic carbocycles. The number of hydrogen-bond donors (Lipinski definition) is 1. The van der Waals surface area contributed by atoms with Gasteiger partial charge in [0.15, 0.2) is 11.5 Å². The number of carbonyl (C=O) groups excluding carboxylic acids is 1. The van der Waals surface area contributed by atoms with Crippen molar-refractivity contribution in [2.24, 2.45) is 5.73 Å². The molecule has 1 heterocycles. The van der Waals surface area contributed by atoms with Gasteiger partial charge in [-0.2, -0.15) is 5.26 Å². The lowest BCUT2D eigenvalue weighted by molar-refractivity contribution is -0.139. The van der Waals surface area contributed by atoms with E-state index in [1.807, 2.05) is 6.07 Å². The van der Waals surface area contributed by atoms with Gasteiger partial charge in [0.05, 0.1) is 29.7 Å². The fourth-order valence-corrected chi connectivity index (χ4v) is 3.45. The Labute approximate surface area is 172 Å². The second-order valence-electron chi connectivity index (χ2n) is 5.75. The maximum absolute atomic E-state index is 12.6. The fourth-order valence-electron chi connectivity index (χ4n) is 2.88. The van der Waals surface area contributed by atoms with Gasteiger partial charge in [-0.15, -0.1) is 0 Å². The Balaban J connectivity index is 2.67. The number of methoxy groups -OCH3 is 1. The molecule has 7 nitrogen and oxygen atoms in total. The monoisotopic (exact) mass is 448 g/mol. The Morgan fingerprint density at radius 2 is 2.21 bits per heavy atom. The summed E-state index contributed by atoms with van der Waals surface area (Å²) in [6.07, 6.45) is 1.61. The molecule has 0 radical (unpaired) electrons. The van der Waals surface area contributed by atoms with E-state index in [2.05, 4.69) is 22.5 Å². The standard InChI is InChI=1S/C20H21BrN2O5/c1-5-7-27-18-14(21)8-12(9-15(18)25-4)17-13(10-22)19(23)28-11(3)16(17)20(24)26-6-2/h5,8-9,17H,1,6-7,23H2,2-4H3/t17-/m0/s1. The molecule has 0 saturated heterocycles. The molecule has 1 aliphatic heterocycles. The first-order valence-electron chi connectivity index (χ1n) is 8.46. The number of rotatable bonds is 7. The fraction of sp³-hybridized carbons (Fsp3) is 0.300. The van der Waals surface area contributed by atoms with E-state index in [0.717, 1.165) is 0 Å². The molecule has 1 aromatic rings. The van der Waals surface area contributed by atoms with Crippen LogP contribution in [0.5, 0.6) is 11.5 Å². The van der Waals surface area contributed by atoms with Crippen LogP contribution < -0.4 is 15.2 Å². The van der Waals surface area contributed by atoms with Gasteiger partial charge in [0.2, 0.25) is 5.88 Å². The molecule has 2 N–H and O–H groups in total. The van der Waals surface area contributed by atoms with E-state index in [1.165, 1.54) is 7.11 Å². The molecular weight excluding hydrogens is 428 g/mol. The van der Waals surface area contributed by atoms with Gasteiger partial charge in [-0.3, -0.25) is 0 Å². The Kier molecular flexibility index (Phi) is 7.12. The summed E-state index contributed by atoms with van der Waals surface area (Å²) in [7, 11) is 1.50. The van der Waals surface area contributed by atoms with E-state index in [-0.39, 0.29) is 36.0 Å². The maximum Gasteiger partial charge on any atom is 0.338 e. The summed E-state index contributed by atoms with van der Waals surface area (Å²) in [4.78, 5) is 12.6. The van der Waals surface area contributed by atoms with Gasteiger partial charge in [-0.25, -0.2) is 4.79 Å². The van der Waals surface area contributed by atoms with Crippen LogP contribution in [-0.2, 0) is 14.3 Å². The van der Waals surface area contributed by atoms with Crippen LogP contribution in [0.1, 0.15) is 25.3 Å². The quantitative estimate of drug-likeness (QED) is 0.501. The van der Waals surface area contributed by atoms with Crippen molar-refractivity contribution in [2.75, 3.05) is 20.3 Å². The molecule has 2 rings (SSSR count). The third-order valence-electron chi connectivity index (χ3n) is 4.03. The van der Waals surface area contributed by atoms with Gasteiger partial charge in [0.1, 0.15) is 24.0 Å². The Morgan fingerprint density at radius 3 is 2.79 bits per heavy atom. The summed E-state index contributed by atoms with van der Waals surface area (Å²) >= 11 is 3.46. The number of allylic oxidation sites excluding steroid dienone is 2. The molecule has 0 bridgehead atoms. The Bertz CT molecular complexity index is 899. The lowest BCUT2D eigenvalue weighted by atomic mass is 9.83. The average molecular weight is 449 g/mol. The highest BCUT2D eigenvalue weighted by Gasteiger charge is 2.37. The highest BCUT2D eigenvalue weighted by Crippen LogP contribution is 2.45. The minimum Gasteiger partial charge on any atom is -0.493 e. The minimum atomic E-state index is -0.767. The van der Waals surface area contributed by atoms with Crippen molar-refractivity contribution in [2.45, 2.75) is 19.8 Å². The maximum atomic E-state index is 12.6. The van der Waals surface area contributed by atoms with Crippen molar-refractivity contribution >= 4 is 21.9 Å². The van der Waals surface area contributed by atoms with E-state index in [9.17, 15) is 10.1 Å². The second-order valence-corrected chi connectivity index (χ2v) is 6.60. The summed E-state index contributed by atoms with van der Waals surface area (Å²) in [5.41, 5.74) is 6.84. The lowest BCUT2D eigenvalue weighted by Crippen LogP contribution is -2.25. The second kappa shape index (κ2) is 9.33. The van der Waals surface area contributed by atoms with Gasteiger partial charge in [-0.05, 0) is 47.5 Å². The molecule has 0 amide bonds. The van der Waals surface area contributed by atoms with E-state index < -0.39 is 11.9 Å². The van der Waals surface area contributed by atoms with Gasteiger partial charge in [0.25, 0.3) is 0 Å². The molecular formula is C20H21BrN2O5. The van der Waals surface area contributed by atoms with Crippen molar-refractivity contribution in [3.8, 4) is 17.6 Å². The van der Waals surface area contributed by atoms with Crippen molar-refractivity contribution in [3.63, 3.8) is 0 Å². The zero-order chi connectivity index (χ0) is 20.8. The van der Waals surface area contributed by atoms with Crippen LogP contribution in [0.3, 0.4) is 0 Å². The molecule has 0 spiro atoms. The van der Waals surface area contributed by atoms with Gasteiger partial charge in [-0.1, -0.05) is 12.7 Å². The first-order valence-corrected chi connectivity index (χ1v) is 9.25. The number of hydrogen-bond acceptors (Lipinski definition) is 7. The lowest BCUT2D eigenvalue weighted by Gasteiger charge is -2.27. The van der Waals surface area contributed by atoms with E-state index in [4.69, 9.17) is 24.7 Å². The van der Waals surface area contributed by atoms with Crippen molar-refractivity contribution in [1.29, 1.82) is 5.26 Å². The highest BCUT2D eigenvalue weighted by atomic mass is 79.9. The predicted molar refractivity (Wildman–Crippen MR) is 106 cm³/mol. The number of esters is 1. The van der Waals surface area contributed by atoms with E-state index >= 15 is 0 Å². The highest BCUT2D eigenvalue weighted by molar-refractivity contribution is 9.10. The first-order chi connectivity index (χ1) is 13.4. The zero-order valence-electron chi connectivity index (χ0n) is 15.9. The molecule has 28 heavy (non-hydrogen) atoms. The molecule has 1 aliphatic rings. The van der Waals surface area contributed by atoms with Crippen molar-refractivity contribution < 1.29 is 23.7 Å². The summed E-state index contributed by atoms with van der Waals surface area (Å²) in [5.74, 6) is -0.215. The van der Waals surface area contributed by atoms with Crippen LogP contribution in [0.4, 0.5) is 0 Å². The van der Waals surface area contributed by atoms with Crippen LogP contribution in [0.25, 0.3) is 0 Å². The third-order valence-corrected chi connectivity index (χ3v) is 4.62. The summed E-state index contributed by atoms with van der Waals surface area (Å²) < 4.78 is 22.3. The van der Waals surface area contributed by atoms with Crippen molar-refractivity contribution in [1.82, 2.24) is 0 Å². The van der Waals surface area contributed by atoms with Crippen LogP contribution >= 0.6 is 15.9 Å². The van der Waals surface area contributed by atoms with Crippen LogP contribution in [0.2, 0.25) is 0 Å². The molecule has 0 unspecified atom stereocenters. The molecule has 8 heteroatoms. The molecule has 148 valence electrons. The minimum absolute atomic E-state index is 0.0554. The topological polar surface area (TPSA) is 104 Å². The summed E-state index contributed by atoms with van der Waals surface area (Å²) in [6, 6.07) is 5.48. The zero-order valence-corrected chi connectivity index (χ0v) is 17.5. The van der Waals surface area contributed by atoms with E-state index in [0.29, 0.717) is 21.5 Å². The summed E-state index contributed by atoms with van der Waals surface area (Å²) in [6.45, 7) is 7.41.